The third-order valence-corrected chi connectivity index (χ3v) is 2.88. The van der Waals surface area contributed by atoms with Crippen LogP contribution in [-0.2, 0) is 9.53 Å². The SMILES string of the molecule is CSNc1cccc(OCCOCC(=O)C(C)C)c1. The summed E-state index contributed by atoms with van der Waals surface area (Å²) in [5.74, 6) is 0.930. The van der Waals surface area contributed by atoms with Crippen LogP contribution in [0.5, 0.6) is 5.75 Å². The van der Waals surface area contributed by atoms with Crippen LogP contribution in [0.15, 0.2) is 24.3 Å². The molecule has 1 N–H and O–H groups in total. The molecule has 1 aromatic rings. The number of rotatable bonds is 9. The molecule has 0 saturated carbocycles. The highest BCUT2D eigenvalue weighted by atomic mass is 32.2. The molecule has 0 bridgehead atoms. The minimum absolute atomic E-state index is 0.0234. The highest BCUT2D eigenvalue weighted by molar-refractivity contribution is 7.99. The summed E-state index contributed by atoms with van der Waals surface area (Å²) in [6.45, 7) is 4.75. The van der Waals surface area contributed by atoms with E-state index in [2.05, 4.69) is 4.72 Å². The second kappa shape index (κ2) is 8.82. The van der Waals surface area contributed by atoms with Gasteiger partial charge in [-0.1, -0.05) is 31.9 Å². The van der Waals surface area contributed by atoms with Gasteiger partial charge in [-0.25, -0.2) is 0 Å². The fourth-order valence-electron chi connectivity index (χ4n) is 1.33. The van der Waals surface area contributed by atoms with E-state index >= 15 is 0 Å². The second-order valence-corrected chi connectivity index (χ2v) is 4.97. The van der Waals surface area contributed by atoms with Crippen LogP contribution in [0.2, 0.25) is 0 Å². The molecule has 0 unspecified atom stereocenters. The molecule has 0 amide bonds. The van der Waals surface area contributed by atoms with Crippen molar-refractivity contribution in [2.45, 2.75) is 13.8 Å². The number of carbonyl (C=O) groups excluding carboxylic acids is 1. The summed E-state index contributed by atoms with van der Waals surface area (Å²) in [6.07, 6.45) is 1.97. The van der Waals surface area contributed by atoms with E-state index in [-0.39, 0.29) is 18.3 Å². The maximum absolute atomic E-state index is 11.3. The molecule has 0 fully saturated rings. The van der Waals surface area contributed by atoms with Gasteiger partial charge in [-0.05, 0) is 12.1 Å². The third-order valence-electron chi connectivity index (χ3n) is 2.44. The first-order chi connectivity index (χ1) is 9.13. The molecule has 0 atom stereocenters. The largest absolute Gasteiger partial charge is 0.491 e. The van der Waals surface area contributed by atoms with Gasteiger partial charge < -0.3 is 14.2 Å². The van der Waals surface area contributed by atoms with Gasteiger partial charge in [-0.2, -0.15) is 0 Å². The quantitative estimate of drug-likeness (QED) is 0.557. The summed E-state index contributed by atoms with van der Waals surface area (Å²) in [6, 6.07) is 7.72. The van der Waals surface area contributed by atoms with Crippen LogP contribution < -0.4 is 9.46 Å². The van der Waals surface area contributed by atoms with Gasteiger partial charge in [0.2, 0.25) is 0 Å². The number of hydrogen-bond donors (Lipinski definition) is 1. The van der Waals surface area contributed by atoms with Crippen LogP contribution in [0.1, 0.15) is 13.8 Å². The maximum atomic E-state index is 11.3. The van der Waals surface area contributed by atoms with E-state index in [0.29, 0.717) is 13.2 Å². The fourth-order valence-corrected chi connectivity index (χ4v) is 1.69. The maximum Gasteiger partial charge on any atom is 0.160 e. The van der Waals surface area contributed by atoms with Gasteiger partial charge in [0.15, 0.2) is 5.78 Å². The average Bonchev–Trinajstić information content (AvgIpc) is 2.39. The lowest BCUT2D eigenvalue weighted by Crippen LogP contribution is -2.17. The number of hydrogen-bond acceptors (Lipinski definition) is 5. The molecule has 0 aliphatic carbocycles. The van der Waals surface area contributed by atoms with Gasteiger partial charge >= 0.3 is 0 Å². The molecule has 0 spiro atoms. The predicted octanol–water partition coefficient (Wildman–Crippen LogP) is 3.00. The zero-order chi connectivity index (χ0) is 14.1. The second-order valence-electron chi connectivity index (χ2n) is 4.36. The molecule has 0 aromatic heterocycles. The Labute approximate surface area is 119 Å². The number of ether oxygens (including phenoxy) is 2. The molecule has 5 heteroatoms. The van der Waals surface area contributed by atoms with Gasteiger partial charge in [-0.3, -0.25) is 4.79 Å². The smallest absolute Gasteiger partial charge is 0.160 e. The van der Waals surface area contributed by atoms with Crippen LogP contribution in [0, 0.1) is 5.92 Å². The molecule has 0 aliphatic rings. The van der Waals surface area contributed by atoms with E-state index in [0.717, 1.165) is 11.4 Å². The molecule has 1 aromatic carbocycles. The number of Topliss-reactive ketones (excluding diaryl/α,β-unsaturated/α-hetero) is 1. The monoisotopic (exact) mass is 283 g/mol. The van der Waals surface area contributed by atoms with Crippen molar-refractivity contribution in [1.29, 1.82) is 0 Å². The van der Waals surface area contributed by atoms with Gasteiger partial charge in [-0.15, -0.1) is 0 Å². The molecule has 4 nitrogen and oxygen atoms in total. The normalized spacial score (nSPS) is 10.5. The first kappa shape index (κ1) is 15.9. The third kappa shape index (κ3) is 6.50. The molecule has 0 saturated heterocycles. The first-order valence-electron chi connectivity index (χ1n) is 6.25. The van der Waals surface area contributed by atoms with E-state index in [1.54, 1.807) is 0 Å². The van der Waals surface area contributed by atoms with Crippen molar-refractivity contribution in [2.24, 2.45) is 5.92 Å². The van der Waals surface area contributed by atoms with Crippen molar-refractivity contribution in [1.82, 2.24) is 0 Å². The van der Waals surface area contributed by atoms with E-state index in [1.165, 1.54) is 11.9 Å². The molecule has 0 radical (unpaired) electrons. The lowest BCUT2D eigenvalue weighted by Gasteiger charge is -2.09. The minimum Gasteiger partial charge on any atom is -0.491 e. The predicted molar refractivity (Wildman–Crippen MR) is 79.7 cm³/mol. The summed E-state index contributed by atoms with van der Waals surface area (Å²) in [5, 5.41) is 0. The van der Waals surface area contributed by atoms with E-state index in [4.69, 9.17) is 9.47 Å². The lowest BCUT2D eigenvalue weighted by molar-refractivity contribution is -0.126. The lowest BCUT2D eigenvalue weighted by atomic mass is 10.1. The van der Waals surface area contributed by atoms with Crippen molar-refractivity contribution in [3.63, 3.8) is 0 Å². The Kier molecular flexibility index (Phi) is 7.36. The van der Waals surface area contributed by atoms with Crippen LogP contribution in [0.25, 0.3) is 0 Å². The molecular weight excluding hydrogens is 262 g/mol. The Balaban J connectivity index is 2.22. The Morgan fingerprint density at radius 3 is 2.84 bits per heavy atom. The van der Waals surface area contributed by atoms with Crippen LogP contribution in [0.4, 0.5) is 5.69 Å². The summed E-state index contributed by atoms with van der Waals surface area (Å²) in [7, 11) is 0. The van der Waals surface area contributed by atoms with E-state index in [9.17, 15) is 4.79 Å². The van der Waals surface area contributed by atoms with Crippen molar-refractivity contribution in [3.8, 4) is 5.75 Å². The first-order valence-corrected chi connectivity index (χ1v) is 7.48. The summed E-state index contributed by atoms with van der Waals surface area (Å²) >= 11 is 1.53. The van der Waals surface area contributed by atoms with Crippen molar-refractivity contribution < 1.29 is 14.3 Å². The number of benzene rings is 1. The number of carbonyl (C=O) groups is 1. The highest BCUT2D eigenvalue weighted by Gasteiger charge is 2.06. The summed E-state index contributed by atoms with van der Waals surface area (Å²) in [5.41, 5.74) is 1.00. The average molecular weight is 283 g/mol. The van der Waals surface area contributed by atoms with Gasteiger partial charge in [0.25, 0.3) is 0 Å². The molecular formula is C14H21NO3S. The fraction of sp³-hybridized carbons (Fsp3) is 0.500. The molecule has 0 heterocycles. The zero-order valence-corrected chi connectivity index (χ0v) is 12.5. The van der Waals surface area contributed by atoms with Crippen molar-refractivity contribution in [2.75, 3.05) is 30.8 Å². The number of anilines is 1. The Morgan fingerprint density at radius 2 is 2.16 bits per heavy atom. The molecule has 106 valence electrons. The van der Waals surface area contributed by atoms with Crippen LogP contribution in [0.3, 0.4) is 0 Å². The van der Waals surface area contributed by atoms with Gasteiger partial charge in [0.05, 0.1) is 6.61 Å². The standard InChI is InChI=1S/C14H21NO3S/c1-11(2)14(16)10-17-7-8-18-13-6-4-5-12(9-13)15-19-3/h4-6,9,11,15H,7-8,10H2,1-3H3. The number of nitrogens with one attached hydrogen (secondary N) is 1. The van der Waals surface area contributed by atoms with E-state index < -0.39 is 0 Å². The van der Waals surface area contributed by atoms with Crippen molar-refractivity contribution >= 4 is 23.4 Å². The summed E-state index contributed by atoms with van der Waals surface area (Å²) in [4.78, 5) is 11.3. The molecule has 1 rings (SSSR count). The Bertz CT molecular complexity index is 396. The van der Waals surface area contributed by atoms with E-state index in [1.807, 2.05) is 44.4 Å². The Hall–Kier alpha value is -1.20. The minimum atomic E-state index is 0.0234. The topological polar surface area (TPSA) is 47.6 Å². The highest BCUT2D eigenvalue weighted by Crippen LogP contribution is 2.18. The molecule has 0 aliphatic heterocycles. The summed E-state index contributed by atoms with van der Waals surface area (Å²) < 4.78 is 13.9. The molecule has 19 heavy (non-hydrogen) atoms. The van der Waals surface area contributed by atoms with Crippen molar-refractivity contribution in [3.05, 3.63) is 24.3 Å². The zero-order valence-electron chi connectivity index (χ0n) is 11.6. The van der Waals surface area contributed by atoms with Crippen LogP contribution >= 0.6 is 11.9 Å². The van der Waals surface area contributed by atoms with Crippen LogP contribution in [-0.4, -0.2) is 31.9 Å². The van der Waals surface area contributed by atoms with Gasteiger partial charge in [0, 0.05) is 23.9 Å². The Morgan fingerprint density at radius 1 is 1.37 bits per heavy atom. The van der Waals surface area contributed by atoms with Gasteiger partial charge in [0.1, 0.15) is 19.0 Å². The number of ketones is 1.